The number of amides is 1. The van der Waals surface area contributed by atoms with Gasteiger partial charge in [-0.1, -0.05) is 6.07 Å². The first-order valence-electron chi connectivity index (χ1n) is 6.34. The first-order valence-corrected chi connectivity index (χ1v) is 6.78. The Kier molecular flexibility index (Phi) is 3.32. The molecule has 1 aliphatic carbocycles. The molecule has 0 bridgehead atoms. The van der Waals surface area contributed by atoms with Gasteiger partial charge < -0.3 is 10.5 Å². The third kappa shape index (κ3) is 2.47. The number of halogens is 1. The largest absolute Gasteiger partial charge is 0.439 e. The summed E-state index contributed by atoms with van der Waals surface area (Å²) in [6.07, 6.45) is 3.33. The minimum atomic E-state index is -0.505. The molecule has 102 valence electrons. The Hall–Kier alpha value is -2.07. The van der Waals surface area contributed by atoms with Crippen molar-refractivity contribution in [2.75, 3.05) is 0 Å². The summed E-state index contributed by atoms with van der Waals surface area (Å²) in [4.78, 5) is 15.0. The lowest BCUT2D eigenvalue weighted by Gasteiger charge is -2.08. The van der Waals surface area contributed by atoms with Crippen LogP contribution in [0.5, 0.6) is 11.6 Å². The fraction of sp³-hybridized carbons (Fsp3) is 0.200. The highest BCUT2D eigenvalue weighted by Gasteiger charge is 2.20. The van der Waals surface area contributed by atoms with Crippen molar-refractivity contribution in [3.63, 3.8) is 0 Å². The van der Waals surface area contributed by atoms with Crippen molar-refractivity contribution in [1.82, 2.24) is 4.98 Å². The van der Waals surface area contributed by atoms with Gasteiger partial charge in [0.1, 0.15) is 5.75 Å². The molecule has 0 radical (unpaired) electrons. The van der Waals surface area contributed by atoms with Gasteiger partial charge >= 0.3 is 0 Å². The van der Waals surface area contributed by atoms with Crippen LogP contribution in [0.3, 0.4) is 0 Å². The van der Waals surface area contributed by atoms with Crippen LogP contribution in [0.2, 0.25) is 0 Å². The van der Waals surface area contributed by atoms with Crippen molar-refractivity contribution >= 4 is 17.5 Å². The highest BCUT2D eigenvalue weighted by atomic mass is 35.5. The molecule has 4 nitrogen and oxygen atoms in total. The molecular formula is C15H13ClN2O2. The summed E-state index contributed by atoms with van der Waals surface area (Å²) in [6.45, 7) is 0. The van der Waals surface area contributed by atoms with Crippen LogP contribution < -0.4 is 10.5 Å². The number of hydrogen-bond donors (Lipinski definition) is 1. The Morgan fingerprint density at radius 3 is 2.90 bits per heavy atom. The molecule has 3 rings (SSSR count). The van der Waals surface area contributed by atoms with Crippen molar-refractivity contribution in [3.8, 4) is 11.6 Å². The summed E-state index contributed by atoms with van der Waals surface area (Å²) in [7, 11) is 0. The van der Waals surface area contributed by atoms with Crippen molar-refractivity contribution in [3.05, 3.63) is 53.2 Å². The molecule has 0 saturated heterocycles. The van der Waals surface area contributed by atoms with E-state index in [1.807, 2.05) is 18.2 Å². The molecule has 0 spiro atoms. The molecule has 0 fully saturated rings. The number of hydrogen-bond acceptors (Lipinski definition) is 3. The van der Waals surface area contributed by atoms with Crippen LogP contribution in [0.4, 0.5) is 0 Å². The van der Waals surface area contributed by atoms with Crippen LogP contribution >= 0.6 is 11.6 Å². The minimum Gasteiger partial charge on any atom is -0.439 e. The van der Waals surface area contributed by atoms with E-state index in [1.54, 1.807) is 12.1 Å². The number of primary amides is 1. The van der Waals surface area contributed by atoms with E-state index in [-0.39, 0.29) is 5.38 Å². The first-order chi connectivity index (χ1) is 9.63. The zero-order valence-corrected chi connectivity index (χ0v) is 11.4. The molecule has 0 aliphatic heterocycles. The SMILES string of the molecule is NC(=O)c1ccc(Oc2ccc3c(c2)CCC3Cl)nc1. The molecular weight excluding hydrogens is 276 g/mol. The highest BCUT2D eigenvalue weighted by molar-refractivity contribution is 6.21. The molecule has 1 unspecified atom stereocenters. The van der Waals surface area contributed by atoms with Crippen LogP contribution in [0, 0.1) is 0 Å². The third-order valence-corrected chi connectivity index (χ3v) is 3.82. The first kappa shape index (κ1) is 12.9. The second-order valence-electron chi connectivity index (χ2n) is 4.72. The van der Waals surface area contributed by atoms with E-state index in [9.17, 15) is 4.79 Å². The Morgan fingerprint density at radius 2 is 2.20 bits per heavy atom. The van der Waals surface area contributed by atoms with Crippen LogP contribution in [0.25, 0.3) is 0 Å². The summed E-state index contributed by atoms with van der Waals surface area (Å²) >= 11 is 6.21. The molecule has 1 heterocycles. The van der Waals surface area contributed by atoms with E-state index >= 15 is 0 Å². The van der Waals surface area contributed by atoms with Gasteiger partial charge in [-0.25, -0.2) is 4.98 Å². The smallest absolute Gasteiger partial charge is 0.250 e. The van der Waals surface area contributed by atoms with Gasteiger partial charge in [0.25, 0.3) is 0 Å². The molecule has 0 saturated carbocycles. The number of carbonyl (C=O) groups excluding carboxylic acids is 1. The average molecular weight is 289 g/mol. The number of aryl methyl sites for hydroxylation is 1. The lowest BCUT2D eigenvalue weighted by Crippen LogP contribution is -2.10. The molecule has 1 amide bonds. The van der Waals surface area contributed by atoms with E-state index in [0.29, 0.717) is 17.2 Å². The second kappa shape index (κ2) is 5.13. The van der Waals surface area contributed by atoms with Gasteiger partial charge in [-0.3, -0.25) is 4.79 Å². The van der Waals surface area contributed by atoms with E-state index in [1.165, 1.54) is 17.3 Å². The third-order valence-electron chi connectivity index (χ3n) is 3.36. The average Bonchev–Trinajstić information content (AvgIpc) is 2.81. The summed E-state index contributed by atoms with van der Waals surface area (Å²) in [5, 5.41) is 0.104. The maximum Gasteiger partial charge on any atom is 0.250 e. The lowest BCUT2D eigenvalue weighted by atomic mass is 10.1. The molecule has 1 aromatic carbocycles. The number of aromatic nitrogens is 1. The normalized spacial score (nSPS) is 16.8. The molecule has 1 aromatic heterocycles. The predicted molar refractivity (Wildman–Crippen MR) is 76.2 cm³/mol. The van der Waals surface area contributed by atoms with Gasteiger partial charge in [-0.05, 0) is 42.2 Å². The number of alkyl halides is 1. The molecule has 1 aliphatic rings. The maximum absolute atomic E-state index is 11.0. The van der Waals surface area contributed by atoms with E-state index in [0.717, 1.165) is 12.8 Å². The van der Waals surface area contributed by atoms with Gasteiger partial charge in [-0.2, -0.15) is 0 Å². The molecule has 2 N–H and O–H groups in total. The fourth-order valence-electron chi connectivity index (χ4n) is 2.31. The molecule has 1 atom stereocenters. The van der Waals surface area contributed by atoms with Crippen molar-refractivity contribution < 1.29 is 9.53 Å². The fourth-order valence-corrected chi connectivity index (χ4v) is 2.63. The van der Waals surface area contributed by atoms with Crippen LogP contribution in [-0.4, -0.2) is 10.9 Å². The van der Waals surface area contributed by atoms with Gasteiger partial charge in [0, 0.05) is 12.3 Å². The van der Waals surface area contributed by atoms with Gasteiger partial charge in [0.05, 0.1) is 10.9 Å². The number of fused-ring (bicyclic) bond motifs is 1. The number of rotatable bonds is 3. The zero-order valence-electron chi connectivity index (χ0n) is 10.7. The Balaban J connectivity index is 1.79. The quantitative estimate of drug-likeness (QED) is 0.882. The Bertz CT molecular complexity index is 655. The van der Waals surface area contributed by atoms with Crippen molar-refractivity contribution in [2.24, 2.45) is 5.73 Å². The summed E-state index contributed by atoms with van der Waals surface area (Å²) < 4.78 is 5.67. The number of benzene rings is 1. The van der Waals surface area contributed by atoms with Gasteiger partial charge in [0.2, 0.25) is 11.8 Å². The lowest BCUT2D eigenvalue weighted by molar-refractivity contribution is 0.1000. The highest BCUT2D eigenvalue weighted by Crippen LogP contribution is 2.38. The standard InChI is InChI=1S/C15H13ClN2O2/c16-13-5-1-9-7-11(3-4-12(9)13)20-14-6-2-10(8-18-14)15(17)19/h2-4,6-8,13H,1,5H2,(H2,17,19). The molecule has 5 heteroatoms. The number of nitrogens with two attached hydrogens (primary N) is 1. The van der Waals surface area contributed by atoms with Crippen molar-refractivity contribution in [1.29, 1.82) is 0 Å². The summed E-state index contributed by atoms with van der Waals surface area (Å²) in [5.41, 5.74) is 7.91. The van der Waals surface area contributed by atoms with E-state index in [4.69, 9.17) is 22.1 Å². The number of nitrogens with zero attached hydrogens (tertiary/aromatic N) is 1. The number of pyridine rings is 1. The van der Waals surface area contributed by atoms with Crippen LogP contribution in [0.15, 0.2) is 36.5 Å². The maximum atomic E-state index is 11.0. The topological polar surface area (TPSA) is 65.2 Å². The number of carbonyl (C=O) groups is 1. The number of ether oxygens (including phenoxy) is 1. The predicted octanol–water partition coefficient (Wildman–Crippen LogP) is 3.20. The molecule has 2 aromatic rings. The molecule has 20 heavy (non-hydrogen) atoms. The monoisotopic (exact) mass is 288 g/mol. The van der Waals surface area contributed by atoms with Gasteiger partial charge in [-0.15, -0.1) is 11.6 Å². The minimum absolute atomic E-state index is 0.104. The summed E-state index contributed by atoms with van der Waals surface area (Å²) in [6, 6.07) is 9.07. The Labute approximate surface area is 121 Å². The zero-order chi connectivity index (χ0) is 14.1. The van der Waals surface area contributed by atoms with E-state index < -0.39 is 5.91 Å². The van der Waals surface area contributed by atoms with Crippen LogP contribution in [-0.2, 0) is 6.42 Å². The van der Waals surface area contributed by atoms with E-state index in [2.05, 4.69) is 4.98 Å². The second-order valence-corrected chi connectivity index (χ2v) is 5.25. The Morgan fingerprint density at radius 1 is 1.35 bits per heavy atom. The summed E-state index contributed by atoms with van der Waals surface area (Å²) in [5.74, 6) is 0.638. The van der Waals surface area contributed by atoms with Gasteiger partial charge in [0.15, 0.2) is 0 Å². The van der Waals surface area contributed by atoms with Crippen molar-refractivity contribution in [2.45, 2.75) is 18.2 Å². The van der Waals surface area contributed by atoms with Crippen LogP contribution in [0.1, 0.15) is 33.3 Å².